The van der Waals surface area contributed by atoms with Crippen LogP contribution >= 0.6 is 15.9 Å². The van der Waals surface area contributed by atoms with Crippen LogP contribution in [0.3, 0.4) is 0 Å². The molecule has 0 aliphatic rings. The van der Waals surface area contributed by atoms with Crippen molar-refractivity contribution >= 4 is 54.0 Å². The maximum Gasteiger partial charge on any atom is 0.262 e. The van der Waals surface area contributed by atoms with Crippen LogP contribution in [-0.4, -0.2) is 14.3 Å². The number of carbonyl (C=O) groups excluding carboxylic acids is 1. The van der Waals surface area contributed by atoms with Gasteiger partial charge in [0.25, 0.3) is 10.0 Å². The zero-order chi connectivity index (χ0) is 18.0. The van der Waals surface area contributed by atoms with E-state index in [4.69, 9.17) is 0 Å². The van der Waals surface area contributed by atoms with Crippen molar-refractivity contribution in [3.63, 3.8) is 0 Å². The Morgan fingerprint density at radius 1 is 0.920 bits per heavy atom. The molecule has 3 aromatic rings. The SMILES string of the molecule is CC(=O)Nc1cccc2c(S(=O)(=O)Nc3ccc(Br)cc3)cccc12. The first-order valence-corrected chi connectivity index (χ1v) is 9.72. The lowest BCUT2D eigenvalue weighted by atomic mass is 10.1. The van der Waals surface area contributed by atoms with E-state index >= 15 is 0 Å². The molecule has 2 N–H and O–H groups in total. The van der Waals surface area contributed by atoms with Gasteiger partial charge in [-0.1, -0.05) is 40.2 Å². The number of fused-ring (bicyclic) bond motifs is 1. The highest BCUT2D eigenvalue weighted by Crippen LogP contribution is 2.30. The number of nitrogens with one attached hydrogen (secondary N) is 2. The van der Waals surface area contributed by atoms with Crippen molar-refractivity contribution in [2.45, 2.75) is 11.8 Å². The van der Waals surface area contributed by atoms with Crippen LogP contribution in [-0.2, 0) is 14.8 Å². The number of amides is 1. The fourth-order valence-electron chi connectivity index (χ4n) is 2.54. The van der Waals surface area contributed by atoms with E-state index in [-0.39, 0.29) is 10.8 Å². The summed E-state index contributed by atoms with van der Waals surface area (Å²) in [5, 5.41) is 3.93. The van der Waals surface area contributed by atoms with Gasteiger partial charge in [0, 0.05) is 33.5 Å². The molecule has 0 atom stereocenters. The minimum Gasteiger partial charge on any atom is -0.326 e. The molecule has 0 saturated heterocycles. The monoisotopic (exact) mass is 418 g/mol. The quantitative estimate of drug-likeness (QED) is 0.660. The molecule has 0 heterocycles. The number of carbonyl (C=O) groups is 1. The summed E-state index contributed by atoms with van der Waals surface area (Å²) in [6.45, 7) is 1.41. The fourth-order valence-corrected chi connectivity index (χ4v) is 4.09. The maximum atomic E-state index is 12.8. The maximum absolute atomic E-state index is 12.8. The van der Waals surface area contributed by atoms with Gasteiger partial charge in [-0.05, 0) is 36.4 Å². The normalized spacial score (nSPS) is 11.3. The number of hydrogen-bond acceptors (Lipinski definition) is 3. The Morgan fingerprint density at radius 2 is 1.56 bits per heavy atom. The topological polar surface area (TPSA) is 75.3 Å². The van der Waals surface area contributed by atoms with Gasteiger partial charge in [-0.2, -0.15) is 0 Å². The van der Waals surface area contributed by atoms with Crippen molar-refractivity contribution in [3.8, 4) is 0 Å². The van der Waals surface area contributed by atoms with Crippen molar-refractivity contribution in [1.82, 2.24) is 0 Å². The van der Waals surface area contributed by atoms with Gasteiger partial charge in [0.05, 0.1) is 4.90 Å². The molecule has 0 unspecified atom stereocenters. The lowest BCUT2D eigenvalue weighted by Crippen LogP contribution is -2.13. The van der Waals surface area contributed by atoms with E-state index in [1.54, 1.807) is 60.7 Å². The third-order valence-corrected chi connectivity index (χ3v) is 5.55. The minimum absolute atomic E-state index is 0.153. The highest BCUT2D eigenvalue weighted by molar-refractivity contribution is 9.10. The zero-order valence-electron chi connectivity index (χ0n) is 13.3. The number of halogens is 1. The number of rotatable bonds is 4. The molecule has 3 rings (SSSR count). The third kappa shape index (κ3) is 3.83. The molecule has 128 valence electrons. The fraction of sp³-hybridized carbons (Fsp3) is 0.0556. The first kappa shape index (κ1) is 17.4. The van der Waals surface area contributed by atoms with Gasteiger partial charge in [-0.15, -0.1) is 0 Å². The van der Waals surface area contributed by atoms with E-state index in [9.17, 15) is 13.2 Å². The summed E-state index contributed by atoms with van der Waals surface area (Å²) >= 11 is 3.32. The highest BCUT2D eigenvalue weighted by atomic mass is 79.9. The van der Waals surface area contributed by atoms with Crippen molar-refractivity contribution in [2.75, 3.05) is 10.0 Å². The molecule has 0 aliphatic carbocycles. The van der Waals surface area contributed by atoms with Crippen LogP contribution in [0.4, 0.5) is 11.4 Å². The number of benzene rings is 3. The Hall–Kier alpha value is -2.38. The van der Waals surface area contributed by atoms with E-state index < -0.39 is 10.0 Å². The molecule has 0 fully saturated rings. The standard InChI is InChI=1S/C18H15BrN2O3S/c1-12(22)20-17-6-2-5-16-15(17)4-3-7-18(16)25(23,24)21-14-10-8-13(19)9-11-14/h2-11,21H,1H3,(H,20,22). The third-order valence-electron chi connectivity index (χ3n) is 3.58. The molecule has 0 spiro atoms. The van der Waals surface area contributed by atoms with Gasteiger partial charge in [-0.25, -0.2) is 8.42 Å². The summed E-state index contributed by atoms with van der Waals surface area (Å²) in [6.07, 6.45) is 0. The summed E-state index contributed by atoms with van der Waals surface area (Å²) < 4.78 is 29.1. The lowest BCUT2D eigenvalue weighted by Gasteiger charge is -2.13. The Balaban J connectivity index is 2.08. The summed E-state index contributed by atoms with van der Waals surface area (Å²) in [4.78, 5) is 11.5. The molecule has 3 aromatic carbocycles. The molecule has 1 amide bonds. The average molecular weight is 419 g/mol. The first-order valence-electron chi connectivity index (χ1n) is 7.44. The van der Waals surface area contributed by atoms with Crippen molar-refractivity contribution < 1.29 is 13.2 Å². The molecule has 0 aliphatic heterocycles. The van der Waals surface area contributed by atoms with E-state index in [1.807, 2.05) is 0 Å². The van der Waals surface area contributed by atoms with Gasteiger partial charge >= 0.3 is 0 Å². The molecule has 0 radical (unpaired) electrons. The average Bonchev–Trinajstić information content (AvgIpc) is 2.56. The van der Waals surface area contributed by atoms with Crippen molar-refractivity contribution in [1.29, 1.82) is 0 Å². The van der Waals surface area contributed by atoms with E-state index in [1.165, 1.54) is 6.92 Å². The second kappa shape index (κ2) is 6.85. The second-order valence-electron chi connectivity index (χ2n) is 5.45. The number of sulfonamides is 1. The number of anilines is 2. The highest BCUT2D eigenvalue weighted by Gasteiger charge is 2.18. The van der Waals surface area contributed by atoms with Crippen LogP contribution in [0.15, 0.2) is 70.0 Å². The van der Waals surface area contributed by atoms with Crippen LogP contribution in [0.25, 0.3) is 10.8 Å². The summed E-state index contributed by atoms with van der Waals surface area (Å²) in [5.41, 5.74) is 1.05. The summed E-state index contributed by atoms with van der Waals surface area (Å²) in [7, 11) is -3.78. The Kier molecular flexibility index (Phi) is 4.78. The largest absolute Gasteiger partial charge is 0.326 e. The summed E-state index contributed by atoms with van der Waals surface area (Å²) in [5.74, 6) is -0.214. The van der Waals surface area contributed by atoms with Crippen LogP contribution in [0.5, 0.6) is 0 Å². The predicted molar refractivity (Wildman–Crippen MR) is 103 cm³/mol. The van der Waals surface area contributed by atoms with Crippen molar-refractivity contribution in [3.05, 3.63) is 65.1 Å². The van der Waals surface area contributed by atoms with Crippen LogP contribution in [0.2, 0.25) is 0 Å². The Bertz CT molecular complexity index is 1050. The molecule has 0 saturated carbocycles. The van der Waals surface area contributed by atoms with E-state index in [2.05, 4.69) is 26.0 Å². The predicted octanol–water partition coefficient (Wildman–Crippen LogP) is 4.36. The molecule has 5 nitrogen and oxygen atoms in total. The Morgan fingerprint density at radius 3 is 2.24 bits per heavy atom. The molecule has 7 heteroatoms. The molecule has 25 heavy (non-hydrogen) atoms. The van der Waals surface area contributed by atoms with E-state index in [0.717, 1.165) is 4.47 Å². The Labute approximate surface area is 154 Å². The van der Waals surface area contributed by atoms with Gasteiger partial charge in [0.15, 0.2) is 0 Å². The summed E-state index contributed by atoms with van der Waals surface area (Å²) in [6, 6.07) is 17.0. The molecule has 0 bridgehead atoms. The van der Waals surface area contributed by atoms with Gasteiger partial charge in [0.1, 0.15) is 0 Å². The second-order valence-corrected chi connectivity index (χ2v) is 8.02. The zero-order valence-corrected chi connectivity index (χ0v) is 15.7. The van der Waals surface area contributed by atoms with Crippen LogP contribution in [0.1, 0.15) is 6.92 Å². The van der Waals surface area contributed by atoms with Gasteiger partial charge < -0.3 is 5.32 Å². The lowest BCUT2D eigenvalue weighted by molar-refractivity contribution is -0.114. The van der Waals surface area contributed by atoms with Gasteiger partial charge in [0.2, 0.25) is 5.91 Å². The van der Waals surface area contributed by atoms with Gasteiger partial charge in [-0.3, -0.25) is 9.52 Å². The van der Waals surface area contributed by atoms with Crippen molar-refractivity contribution in [2.24, 2.45) is 0 Å². The first-order chi connectivity index (χ1) is 11.9. The smallest absolute Gasteiger partial charge is 0.262 e. The van der Waals surface area contributed by atoms with Crippen LogP contribution in [0, 0.1) is 0 Å². The van der Waals surface area contributed by atoms with E-state index in [0.29, 0.717) is 22.1 Å². The minimum atomic E-state index is -3.78. The number of hydrogen-bond donors (Lipinski definition) is 2. The molecule has 0 aromatic heterocycles. The molecular weight excluding hydrogens is 404 g/mol. The van der Waals surface area contributed by atoms with Crippen LogP contribution < -0.4 is 10.0 Å². The molecular formula is C18H15BrN2O3S.